The number of hydrogen-bond donors (Lipinski definition) is 0. The summed E-state index contributed by atoms with van der Waals surface area (Å²) in [5, 5.41) is 11.0. The van der Waals surface area contributed by atoms with Gasteiger partial charge in [-0.25, -0.2) is 4.39 Å². The number of carbonyl (C=O) groups excluding carboxylic acids is 1. The van der Waals surface area contributed by atoms with Crippen molar-refractivity contribution < 1.29 is 19.0 Å². The monoisotopic (exact) mass is 307 g/mol. The normalized spacial score (nSPS) is 18.5. The molecule has 1 saturated carbocycles. The van der Waals surface area contributed by atoms with Crippen LogP contribution in [0.4, 0.5) is 4.39 Å². The van der Waals surface area contributed by atoms with Crippen molar-refractivity contribution in [1.29, 1.82) is 0 Å². The lowest BCUT2D eigenvalue weighted by Crippen LogP contribution is -2.42. The number of carbonyl (C=O) groups is 1. The van der Waals surface area contributed by atoms with Crippen molar-refractivity contribution >= 4 is 5.97 Å². The van der Waals surface area contributed by atoms with Crippen LogP contribution < -0.4 is 9.84 Å². The van der Waals surface area contributed by atoms with Crippen LogP contribution >= 0.6 is 0 Å². The summed E-state index contributed by atoms with van der Waals surface area (Å²) in [4.78, 5) is 11.0. The first-order chi connectivity index (χ1) is 10.4. The van der Waals surface area contributed by atoms with Crippen LogP contribution in [0.3, 0.4) is 0 Å². The van der Waals surface area contributed by atoms with Crippen LogP contribution in [0, 0.1) is 11.7 Å². The van der Waals surface area contributed by atoms with Crippen LogP contribution in [0.5, 0.6) is 5.75 Å². The third-order valence-electron chi connectivity index (χ3n) is 4.73. The minimum atomic E-state index is -1.32. The molecule has 1 fully saturated rings. The lowest BCUT2D eigenvalue weighted by Gasteiger charge is -2.39. The Bertz CT molecular complexity index is 517. The van der Waals surface area contributed by atoms with Crippen LogP contribution in [0.1, 0.15) is 69.2 Å². The van der Waals surface area contributed by atoms with Gasteiger partial charge in [0.15, 0.2) is 11.6 Å². The van der Waals surface area contributed by atoms with Crippen LogP contribution in [0.25, 0.3) is 0 Å². The highest BCUT2D eigenvalue weighted by molar-refractivity contribution is 5.86. The van der Waals surface area contributed by atoms with Crippen molar-refractivity contribution in [2.24, 2.45) is 5.92 Å². The highest BCUT2D eigenvalue weighted by atomic mass is 19.1. The molecule has 0 heterocycles. The highest BCUT2D eigenvalue weighted by Crippen LogP contribution is 2.38. The van der Waals surface area contributed by atoms with Gasteiger partial charge in [-0.3, -0.25) is 0 Å². The van der Waals surface area contributed by atoms with Crippen molar-refractivity contribution in [2.75, 3.05) is 0 Å². The van der Waals surface area contributed by atoms with E-state index >= 15 is 0 Å². The second-order valence-corrected chi connectivity index (χ2v) is 6.52. The summed E-state index contributed by atoms with van der Waals surface area (Å²) in [6, 6.07) is 3.59. The van der Waals surface area contributed by atoms with Crippen LogP contribution in [-0.2, 0) is 0 Å². The van der Waals surface area contributed by atoms with E-state index in [2.05, 4.69) is 13.8 Å². The third kappa shape index (κ3) is 3.79. The first kappa shape index (κ1) is 16.8. The van der Waals surface area contributed by atoms with E-state index in [1.54, 1.807) is 0 Å². The predicted octanol–water partition coefficient (Wildman–Crippen LogP) is 3.71. The molecule has 1 aromatic carbocycles. The first-order valence-corrected chi connectivity index (χ1v) is 8.14. The zero-order valence-corrected chi connectivity index (χ0v) is 13.4. The molecule has 0 spiro atoms. The van der Waals surface area contributed by atoms with Gasteiger partial charge in [-0.2, -0.15) is 0 Å². The number of carboxylic acids is 1. The zero-order chi connectivity index (χ0) is 16.2. The molecule has 1 aromatic rings. The molecule has 0 N–H and O–H groups in total. The quantitative estimate of drug-likeness (QED) is 0.852. The second-order valence-electron chi connectivity index (χ2n) is 6.52. The van der Waals surface area contributed by atoms with Crippen LogP contribution in [0.2, 0.25) is 0 Å². The maximum Gasteiger partial charge on any atom is 0.165 e. The first-order valence-electron chi connectivity index (χ1n) is 8.14. The molecule has 4 heteroatoms. The SMILES string of the molecule is CC(C)C1(Oc2cc(C(=O)[O-])ccc2F)CCCCCCC1. The molecule has 0 unspecified atom stereocenters. The standard InChI is InChI=1S/C18H25FO3/c1-13(2)18(10-6-4-3-5-7-11-18)22-16-12-14(17(20)21)8-9-15(16)19/h8-9,12-13H,3-7,10-11H2,1-2H3,(H,20,21)/p-1. The maximum atomic E-state index is 14.1. The van der Waals surface area contributed by atoms with Crippen molar-refractivity contribution in [3.05, 3.63) is 29.6 Å². The molecular formula is C18H24FO3-. The molecule has 0 atom stereocenters. The molecule has 0 aliphatic heterocycles. The number of aromatic carboxylic acids is 1. The van der Waals surface area contributed by atoms with E-state index in [4.69, 9.17) is 4.74 Å². The van der Waals surface area contributed by atoms with Crippen LogP contribution in [-0.4, -0.2) is 11.6 Å². The summed E-state index contributed by atoms with van der Waals surface area (Å²) in [5.41, 5.74) is -0.479. The molecule has 0 bridgehead atoms. The molecular weight excluding hydrogens is 283 g/mol. The van der Waals surface area contributed by atoms with E-state index in [0.717, 1.165) is 31.7 Å². The summed E-state index contributed by atoms with van der Waals surface area (Å²) in [6.45, 7) is 4.17. The number of rotatable bonds is 4. The van der Waals surface area contributed by atoms with Gasteiger partial charge in [-0.05, 0) is 49.8 Å². The largest absolute Gasteiger partial charge is 0.545 e. The van der Waals surface area contributed by atoms with Gasteiger partial charge in [0, 0.05) is 5.56 Å². The smallest absolute Gasteiger partial charge is 0.165 e. The maximum absolute atomic E-state index is 14.1. The van der Waals surface area contributed by atoms with E-state index in [0.29, 0.717) is 0 Å². The fourth-order valence-electron chi connectivity index (χ4n) is 3.23. The molecule has 1 aliphatic carbocycles. The second kappa shape index (κ2) is 7.12. The Hall–Kier alpha value is -1.58. The average Bonchev–Trinajstić information content (AvgIpc) is 2.43. The molecule has 22 heavy (non-hydrogen) atoms. The van der Waals surface area contributed by atoms with E-state index in [9.17, 15) is 14.3 Å². The fraction of sp³-hybridized carbons (Fsp3) is 0.611. The summed E-state index contributed by atoms with van der Waals surface area (Å²) in [7, 11) is 0. The van der Waals surface area contributed by atoms with Gasteiger partial charge in [-0.1, -0.05) is 33.1 Å². The molecule has 122 valence electrons. The van der Waals surface area contributed by atoms with Gasteiger partial charge in [0.05, 0.1) is 5.97 Å². The summed E-state index contributed by atoms with van der Waals surface area (Å²) in [6.07, 6.45) is 7.43. The minimum absolute atomic E-state index is 0.0240. The lowest BCUT2D eigenvalue weighted by molar-refractivity contribution is -0.255. The number of benzene rings is 1. The van der Waals surface area contributed by atoms with Crippen molar-refractivity contribution in [3.8, 4) is 5.75 Å². The summed E-state index contributed by atoms with van der Waals surface area (Å²) in [5.74, 6) is -1.58. The van der Waals surface area contributed by atoms with Gasteiger partial charge in [0.25, 0.3) is 0 Å². The fourth-order valence-corrected chi connectivity index (χ4v) is 3.23. The Balaban J connectivity index is 2.30. The Morgan fingerprint density at radius 3 is 2.32 bits per heavy atom. The topological polar surface area (TPSA) is 49.4 Å². The zero-order valence-electron chi connectivity index (χ0n) is 13.4. The van der Waals surface area contributed by atoms with E-state index in [1.165, 1.54) is 31.4 Å². The third-order valence-corrected chi connectivity index (χ3v) is 4.73. The van der Waals surface area contributed by atoms with E-state index in [1.807, 2.05) is 0 Å². The predicted molar refractivity (Wildman–Crippen MR) is 81.2 cm³/mol. The number of carboxylic acid groups (broad SMARTS) is 1. The molecule has 0 radical (unpaired) electrons. The number of halogens is 1. The summed E-state index contributed by atoms with van der Waals surface area (Å²) < 4.78 is 20.2. The summed E-state index contributed by atoms with van der Waals surface area (Å²) >= 11 is 0. The van der Waals surface area contributed by atoms with Crippen molar-refractivity contribution in [2.45, 2.75) is 64.4 Å². The molecule has 2 rings (SSSR count). The molecule has 3 nitrogen and oxygen atoms in total. The van der Waals surface area contributed by atoms with Crippen LogP contribution in [0.15, 0.2) is 18.2 Å². The van der Waals surface area contributed by atoms with E-state index in [-0.39, 0.29) is 17.2 Å². The lowest BCUT2D eigenvalue weighted by atomic mass is 9.79. The minimum Gasteiger partial charge on any atom is -0.545 e. The van der Waals surface area contributed by atoms with Gasteiger partial charge >= 0.3 is 0 Å². The average molecular weight is 307 g/mol. The molecule has 0 amide bonds. The Morgan fingerprint density at radius 2 is 1.77 bits per heavy atom. The van der Waals surface area contributed by atoms with Gasteiger partial charge in [0.2, 0.25) is 0 Å². The van der Waals surface area contributed by atoms with Crippen molar-refractivity contribution in [3.63, 3.8) is 0 Å². The highest BCUT2D eigenvalue weighted by Gasteiger charge is 2.36. The van der Waals surface area contributed by atoms with Gasteiger partial charge < -0.3 is 14.6 Å². The Labute approximate surface area is 131 Å². The van der Waals surface area contributed by atoms with Gasteiger partial charge in [0.1, 0.15) is 5.60 Å². The van der Waals surface area contributed by atoms with Crippen molar-refractivity contribution in [1.82, 2.24) is 0 Å². The Kier molecular flexibility index (Phi) is 5.43. The van der Waals surface area contributed by atoms with Gasteiger partial charge in [-0.15, -0.1) is 0 Å². The molecule has 0 aromatic heterocycles. The number of ether oxygens (including phenoxy) is 1. The number of hydrogen-bond acceptors (Lipinski definition) is 3. The molecule has 1 aliphatic rings. The van der Waals surface area contributed by atoms with E-state index < -0.39 is 17.4 Å². The molecule has 0 saturated heterocycles. The Morgan fingerprint density at radius 1 is 1.18 bits per heavy atom.